The monoisotopic (exact) mass is 279 g/mol. The molecule has 2 N–H and O–H groups in total. The van der Waals surface area contributed by atoms with Crippen LogP contribution in [0, 0.1) is 5.92 Å². The molecule has 0 fully saturated rings. The van der Waals surface area contributed by atoms with E-state index in [-0.39, 0.29) is 30.2 Å². The third-order valence-electron chi connectivity index (χ3n) is 2.58. The van der Waals surface area contributed by atoms with E-state index < -0.39 is 17.8 Å². The molecule has 0 aliphatic carbocycles. The van der Waals surface area contributed by atoms with Crippen molar-refractivity contribution in [3.8, 4) is 5.75 Å². The largest absolute Gasteiger partial charge is 0.427 e. The molecular weight excluding hydrogens is 262 g/mol. The number of hydrogen-bond donors (Lipinski definition) is 2. The first-order chi connectivity index (χ1) is 9.45. The summed E-state index contributed by atoms with van der Waals surface area (Å²) < 4.78 is 4.89. The van der Waals surface area contributed by atoms with Crippen LogP contribution in [-0.2, 0) is 9.59 Å². The van der Waals surface area contributed by atoms with Crippen molar-refractivity contribution < 1.29 is 24.2 Å². The fourth-order valence-electron chi connectivity index (χ4n) is 1.58. The van der Waals surface area contributed by atoms with E-state index in [9.17, 15) is 14.4 Å². The Morgan fingerprint density at radius 3 is 2.65 bits per heavy atom. The van der Waals surface area contributed by atoms with Gasteiger partial charge in [0.2, 0.25) is 5.91 Å². The Morgan fingerprint density at radius 2 is 2.05 bits per heavy atom. The van der Waals surface area contributed by atoms with Gasteiger partial charge in [-0.2, -0.15) is 0 Å². The Labute approximate surface area is 116 Å². The standard InChI is InChI=1S/C14H17NO5/c1-9(14(19)15-6-7-16)13(18)11-4-3-5-12(8-11)20-10(2)17/h3-5,8-9,16H,6-7H2,1-2H3,(H,15,19). The van der Waals surface area contributed by atoms with Gasteiger partial charge in [0, 0.05) is 19.0 Å². The molecule has 0 heterocycles. The maximum Gasteiger partial charge on any atom is 0.308 e. The van der Waals surface area contributed by atoms with E-state index in [2.05, 4.69) is 5.32 Å². The lowest BCUT2D eigenvalue weighted by atomic mass is 9.98. The van der Waals surface area contributed by atoms with Crippen LogP contribution in [-0.4, -0.2) is 35.9 Å². The Kier molecular flexibility index (Phi) is 5.86. The summed E-state index contributed by atoms with van der Waals surface area (Å²) in [7, 11) is 0. The van der Waals surface area contributed by atoms with Crippen molar-refractivity contribution in [3.05, 3.63) is 29.8 Å². The summed E-state index contributed by atoms with van der Waals surface area (Å²) >= 11 is 0. The summed E-state index contributed by atoms with van der Waals surface area (Å²) in [6, 6.07) is 6.09. The number of aliphatic hydroxyl groups excluding tert-OH is 1. The third-order valence-corrected chi connectivity index (χ3v) is 2.58. The van der Waals surface area contributed by atoms with Gasteiger partial charge in [0.15, 0.2) is 5.78 Å². The summed E-state index contributed by atoms with van der Waals surface area (Å²) in [5.74, 6) is -1.94. The summed E-state index contributed by atoms with van der Waals surface area (Å²) in [4.78, 5) is 34.6. The van der Waals surface area contributed by atoms with Crippen LogP contribution in [0.5, 0.6) is 5.75 Å². The summed E-state index contributed by atoms with van der Waals surface area (Å²) in [5.41, 5.74) is 0.287. The highest BCUT2D eigenvalue weighted by molar-refractivity contribution is 6.09. The van der Waals surface area contributed by atoms with Crippen LogP contribution in [0.1, 0.15) is 24.2 Å². The Balaban J connectivity index is 2.80. The number of Topliss-reactive ketones (excluding diaryl/α,β-unsaturated/α-hetero) is 1. The highest BCUT2D eigenvalue weighted by Gasteiger charge is 2.22. The van der Waals surface area contributed by atoms with Crippen LogP contribution < -0.4 is 10.1 Å². The van der Waals surface area contributed by atoms with Gasteiger partial charge in [-0.05, 0) is 19.1 Å². The minimum Gasteiger partial charge on any atom is -0.427 e. The van der Waals surface area contributed by atoms with E-state index in [1.807, 2.05) is 0 Å². The zero-order chi connectivity index (χ0) is 15.1. The van der Waals surface area contributed by atoms with Crippen molar-refractivity contribution in [1.82, 2.24) is 5.32 Å². The van der Waals surface area contributed by atoms with Crippen molar-refractivity contribution in [2.24, 2.45) is 5.92 Å². The number of nitrogens with one attached hydrogen (secondary N) is 1. The molecule has 0 aliphatic rings. The average molecular weight is 279 g/mol. The van der Waals surface area contributed by atoms with Gasteiger partial charge in [-0.15, -0.1) is 0 Å². The van der Waals surface area contributed by atoms with Gasteiger partial charge in [-0.1, -0.05) is 12.1 Å². The minimum absolute atomic E-state index is 0.101. The maximum atomic E-state index is 12.1. The van der Waals surface area contributed by atoms with Gasteiger partial charge in [0.1, 0.15) is 5.75 Å². The number of aliphatic hydroxyl groups is 1. The fraction of sp³-hybridized carbons (Fsp3) is 0.357. The molecule has 6 heteroatoms. The molecule has 6 nitrogen and oxygen atoms in total. The van der Waals surface area contributed by atoms with E-state index in [0.717, 1.165) is 0 Å². The lowest BCUT2D eigenvalue weighted by molar-refractivity contribution is -0.132. The Bertz CT molecular complexity index is 512. The van der Waals surface area contributed by atoms with Crippen molar-refractivity contribution in [2.45, 2.75) is 13.8 Å². The zero-order valence-corrected chi connectivity index (χ0v) is 11.4. The molecule has 0 spiro atoms. The molecule has 108 valence electrons. The average Bonchev–Trinajstić information content (AvgIpc) is 2.42. The van der Waals surface area contributed by atoms with Gasteiger partial charge in [-0.25, -0.2) is 0 Å². The topological polar surface area (TPSA) is 92.7 Å². The molecule has 1 unspecified atom stereocenters. The highest BCUT2D eigenvalue weighted by Crippen LogP contribution is 2.17. The maximum absolute atomic E-state index is 12.1. The highest BCUT2D eigenvalue weighted by atomic mass is 16.5. The number of ether oxygens (including phenoxy) is 1. The molecule has 1 rings (SSSR count). The number of carbonyl (C=O) groups excluding carboxylic acids is 3. The molecular formula is C14H17NO5. The fourth-order valence-corrected chi connectivity index (χ4v) is 1.58. The lowest BCUT2D eigenvalue weighted by Crippen LogP contribution is -2.35. The molecule has 1 aromatic carbocycles. The van der Waals surface area contributed by atoms with E-state index in [4.69, 9.17) is 9.84 Å². The zero-order valence-electron chi connectivity index (χ0n) is 11.4. The molecule has 0 saturated carbocycles. The van der Waals surface area contributed by atoms with Crippen LogP contribution in [0.25, 0.3) is 0 Å². The molecule has 1 atom stereocenters. The predicted molar refractivity (Wildman–Crippen MR) is 71.3 cm³/mol. The molecule has 1 amide bonds. The van der Waals surface area contributed by atoms with Crippen LogP contribution >= 0.6 is 0 Å². The second-order valence-electron chi connectivity index (χ2n) is 4.22. The van der Waals surface area contributed by atoms with Crippen LogP contribution in [0.4, 0.5) is 0 Å². The van der Waals surface area contributed by atoms with Gasteiger partial charge in [0.25, 0.3) is 0 Å². The lowest BCUT2D eigenvalue weighted by Gasteiger charge is -2.11. The van der Waals surface area contributed by atoms with Gasteiger partial charge < -0.3 is 15.2 Å². The molecule has 0 bridgehead atoms. The molecule has 0 aromatic heterocycles. The normalized spacial score (nSPS) is 11.6. The number of amides is 1. The quantitative estimate of drug-likeness (QED) is 0.343. The van der Waals surface area contributed by atoms with Gasteiger partial charge in [0.05, 0.1) is 12.5 Å². The van der Waals surface area contributed by atoms with Crippen molar-refractivity contribution >= 4 is 17.7 Å². The van der Waals surface area contributed by atoms with E-state index >= 15 is 0 Å². The first kappa shape index (κ1) is 15.8. The SMILES string of the molecule is CC(=O)Oc1cccc(C(=O)C(C)C(=O)NCCO)c1. The first-order valence-electron chi connectivity index (χ1n) is 6.17. The number of esters is 1. The summed E-state index contributed by atoms with van der Waals surface area (Å²) in [6.07, 6.45) is 0. The predicted octanol–water partition coefficient (Wildman–Crippen LogP) is 0.539. The Morgan fingerprint density at radius 1 is 1.35 bits per heavy atom. The summed E-state index contributed by atoms with van der Waals surface area (Å²) in [5, 5.41) is 11.1. The number of ketones is 1. The first-order valence-corrected chi connectivity index (χ1v) is 6.17. The second-order valence-corrected chi connectivity index (χ2v) is 4.22. The van der Waals surface area contributed by atoms with E-state index in [0.29, 0.717) is 0 Å². The van der Waals surface area contributed by atoms with E-state index in [1.54, 1.807) is 18.2 Å². The van der Waals surface area contributed by atoms with Gasteiger partial charge >= 0.3 is 5.97 Å². The minimum atomic E-state index is -0.880. The molecule has 1 aromatic rings. The molecule has 0 aliphatic heterocycles. The number of hydrogen-bond acceptors (Lipinski definition) is 5. The molecule has 20 heavy (non-hydrogen) atoms. The third kappa shape index (κ3) is 4.47. The number of benzene rings is 1. The van der Waals surface area contributed by atoms with Crippen LogP contribution in [0.15, 0.2) is 24.3 Å². The smallest absolute Gasteiger partial charge is 0.308 e. The van der Waals surface area contributed by atoms with Crippen molar-refractivity contribution in [1.29, 1.82) is 0 Å². The van der Waals surface area contributed by atoms with Crippen LogP contribution in [0.3, 0.4) is 0 Å². The summed E-state index contributed by atoms with van der Waals surface area (Å²) in [6.45, 7) is 2.66. The number of rotatable bonds is 6. The molecule has 0 radical (unpaired) electrons. The van der Waals surface area contributed by atoms with Crippen LogP contribution in [0.2, 0.25) is 0 Å². The molecule has 0 saturated heterocycles. The van der Waals surface area contributed by atoms with Crippen molar-refractivity contribution in [2.75, 3.05) is 13.2 Å². The second kappa shape index (κ2) is 7.40. The van der Waals surface area contributed by atoms with Crippen molar-refractivity contribution in [3.63, 3.8) is 0 Å². The van der Waals surface area contributed by atoms with Gasteiger partial charge in [-0.3, -0.25) is 14.4 Å². The number of carbonyl (C=O) groups is 3. The van der Waals surface area contributed by atoms with E-state index in [1.165, 1.54) is 19.9 Å². The Hall–Kier alpha value is -2.21.